The molecule has 0 unspecified atom stereocenters. The molecule has 1 saturated carbocycles. The van der Waals surface area contributed by atoms with Gasteiger partial charge < -0.3 is 10.4 Å². The van der Waals surface area contributed by atoms with Gasteiger partial charge in [0, 0.05) is 13.0 Å². The molecule has 0 aromatic carbocycles. The number of amides is 1. The fourth-order valence-corrected chi connectivity index (χ4v) is 1.67. The van der Waals surface area contributed by atoms with E-state index in [1.807, 2.05) is 6.92 Å². The van der Waals surface area contributed by atoms with E-state index >= 15 is 0 Å². The van der Waals surface area contributed by atoms with Crippen LogP contribution in [0.25, 0.3) is 0 Å². The fourth-order valence-electron chi connectivity index (χ4n) is 1.67. The van der Waals surface area contributed by atoms with E-state index in [2.05, 4.69) is 5.32 Å². The SMILES string of the molecule is CC(=O)NC1CCC(C)(O)CC1. The van der Waals surface area contributed by atoms with Crippen LogP contribution < -0.4 is 5.32 Å². The number of aliphatic hydroxyl groups is 1. The smallest absolute Gasteiger partial charge is 0.217 e. The second kappa shape index (κ2) is 3.44. The Hall–Kier alpha value is -0.570. The molecule has 0 spiro atoms. The maximum atomic E-state index is 10.7. The van der Waals surface area contributed by atoms with Gasteiger partial charge in [0.05, 0.1) is 5.60 Å². The van der Waals surface area contributed by atoms with Crippen molar-refractivity contribution in [1.29, 1.82) is 0 Å². The number of hydrogen-bond donors (Lipinski definition) is 2. The van der Waals surface area contributed by atoms with E-state index in [4.69, 9.17) is 0 Å². The Morgan fingerprint density at radius 1 is 1.50 bits per heavy atom. The van der Waals surface area contributed by atoms with Crippen LogP contribution in [0, 0.1) is 0 Å². The molecule has 12 heavy (non-hydrogen) atoms. The van der Waals surface area contributed by atoms with Gasteiger partial charge in [-0.1, -0.05) is 0 Å². The average molecular weight is 171 g/mol. The lowest BCUT2D eigenvalue weighted by atomic mass is 9.84. The number of nitrogens with one attached hydrogen (secondary N) is 1. The standard InChI is InChI=1S/C9H17NO2/c1-7(11)10-8-3-5-9(2,12)6-4-8/h8,12H,3-6H2,1-2H3,(H,10,11). The van der Waals surface area contributed by atoms with Crippen LogP contribution in [0.2, 0.25) is 0 Å². The second-order valence-corrected chi connectivity index (χ2v) is 3.97. The van der Waals surface area contributed by atoms with E-state index in [1.54, 1.807) is 0 Å². The molecular weight excluding hydrogens is 154 g/mol. The van der Waals surface area contributed by atoms with Gasteiger partial charge in [-0.25, -0.2) is 0 Å². The molecule has 0 heterocycles. The summed E-state index contributed by atoms with van der Waals surface area (Å²) in [5, 5.41) is 12.5. The maximum absolute atomic E-state index is 10.7. The van der Waals surface area contributed by atoms with Crippen LogP contribution >= 0.6 is 0 Å². The third kappa shape index (κ3) is 2.81. The largest absolute Gasteiger partial charge is 0.390 e. The topological polar surface area (TPSA) is 49.3 Å². The first-order valence-corrected chi connectivity index (χ1v) is 4.49. The fraction of sp³-hybridized carbons (Fsp3) is 0.889. The Labute approximate surface area is 73.2 Å². The Morgan fingerprint density at radius 2 is 2.00 bits per heavy atom. The maximum Gasteiger partial charge on any atom is 0.217 e. The van der Waals surface area contributed by atoms with Gasteiger partial charge in [0.1, 0.15) is 0 Å². The molecule has 1 amide bonds. The summed E-state index contributed by atoms with van der Waals surface area (Å²) in [5.41, 5.74) is -0.505. The summed E-state index contributed by atoms with van der Waals surface area (Å²) in [6.07, 6.45) is 3.37. The van der Waals surface area contributed by atoms with E-state index < -0.39 is 5.60 Å². The Morgan fingerprint density at radius 3 is 2.42 bits per heavy atom. The van der Waals surface area contributed by atoms with Crippen molar-refractivity contribution < 1.29 is 9.90 Å². The van der Waals surface area contributed by atoms with E-state index in [1.165, 1.54) is 6.92 Å². The van der Waals surface area contributed by atoms with Crippen molar-refractivity contribution in [1.82, 2.24) is 5.32 Å². The number of rotatable bonds is 1. The highest BCUT2D eigenvalue weighted by atomic mass is 16.3. The molecule has 70 valence electrons. The third-order valence-electron chi connectivity index (χ3n) is 2.47. The molecule has 1 aliphatic carbocycles. The van der Waals surface area contributed by atoms with Crippen molar-refractivity contribution in [2.75, 3.05) is 0 Å². The van der Waals surface area contributed by atoms with Crippen molar-refractivity contribution >= 4 is 5.91 Å². The summed E-state index contributed by atoms with van der Waals surface area (Å²) in [4.78, 5) is 10.7. The minimum Gasteiger partial charge on any atom is -0.390 e. The Kier molecular flexibility index (Phi) is 2.73. The first-order chi connectivity index (χ1) is 5.49. The quantitative estimate of drug-likeness (QED) is 0.613. The van der Waals surface area contributed by atoms with Crippen molar-refractivity contribution in [2.24, 2.45) is 0 Å². The van der Waals surface area contributed by atoms with Crippen LogP contribution in [0.15, 0.2) is 0 Å². The lowest BCUT2D eigenvalue weighted by molar-refractivity contribution is -0.120. The zero-order valence-corrected chi connectivity index (χ0v) is 7.76. The lowest BCUT2D eigenvalue weighted by Crippen LogP contribution is -2.41. The first kappa shape index (κ1) is 9.52. The molecule has 3 heteroatoms. The van der Waals surface area contributed by atoms with Crippen molar-refractivity contribution in [2.45, 2.75) is 51.2 Å². The number of carbonyl (C=O) groups excluding carboxylic acids is 1. The van der Waals surface area contributed by atoms with E-state index in [-0.39, 0.29) is 11.9 Å². The van der Waals surface area contributed by atoms with Gasteiger partial charge >= 0.3 is 0 Å². The first-order valence-electron chi connectivity index (χ1n) is 4.49. The molecule has 0 radical (unpaired) electrons. The van der Waals surface area contributed by atoms with Gasteiger partial charge in [-0.15, -0.1) is 0 Å². The number of hydrogen-bond acceptors (Lipinski definition) is 2. The molecule has 3 nitrogen and oxygen atoms in total. The highest BCUT2D eigenvalue weighted by Crippen LogP contribution is 2.27. The van der Waals surface area contributed by atoms with E-state index in [9.17, 15) is 9.90 Å². The van der Waals surface area contributed by atoms with E-state index in [0.717, 1.165) is 25.7 Å². The minimum absolute atomic E-state index is 0.0292. The lowest BCUT2D eigenvalue weighted by Gasteiger charge is -2.33. The molecule has 1 fully saturated rings. The molecule has 0 aliphatic heterocycles. The van der Waals surface area contributed by atoms with Gasteiger partial charge in [0.15, 0.2) is 0 Å². The second-order valence-electron chi connectivity index (χ2n) is 3.97. The molecular formula is C9H17NO2. The Bertz CT molecular complexity index is 167. The van der Waals surface area contributed by atoms with Crippen molar-refractivity contribution in [3.05, 3.63) is 0 Å². The summed E-state index contributed by atoms with van der Waals surface area (Å²) in [5.74, 6) is 0.0292. The van der Waals surface area contributed by atoms with Crippen molar-refractivity contribution in [3.63, 3.8) is 0 Å². The molecule has 0 saturated heterocycles. The van der Waals surface area contributed by atoms with Crippen LogP contribution in [0.3, 0.4) is 0 Å². The normalized spacial score (nSPS) is 36.1. The zero-order valence-electron chi connectivity index (χ0n) is 7.76. The third-order valence-corrected chi connectivity index (χ3v) is 2.47. The van der Waals surface area contributed by atoms with Gasteiger partial charge in [0.25, 0.3) is 0 Å². The van der Waals surface area contributed by atoms with Gasteiger partial charge in [-0.2, -0.15) is 0 Å². The number of carbonyl (C=O) groups is 1. The molecule has 0 atom stereocenters. The molecule has 0 bridgehead atoms. The average Bonchev–Trinajstić information content (AvgIpc) is 1.93. The highest BCUT2D eigenvalue weighted by Gasteiger charge is 2.28. The zero-order chi connectivity index (χ0) is 9.19. The minimum atomic E-state index is -0.505. The molecule has 2 N–H and O–H groups in total. The van der Waals surface area contributed by atoms with E-state index in [0.29, 0.717) is 0 Å². The monoisotopic (exact) mass is 171 g/mol. The predicted molar refractivity (Wildman–Crippen MR) is 46.7 cm³/mol. The van der Waals surface area contributed by atoms with Crippen LogP contribution in [-0.4, -0.2) is 22.7 Å². The molecule has 0 aromatic rings. The molecule has 0 aromatic heterocycles. The highest BCUT2D eigenvalue weighted by molar-refractivity contribution is 5.73. The summed E-state index contributed by atoms with van der Waals surface area (Å²) in [6, 6.07) is 0.280. The van der Waals surface area contributed by atoms with Crippen LogP contribution in [-0.2, 0) is 4.79 Å². The summed E-state index contributed by atoms with van der Waals surface area (Å²) in [6.45, 7) is 3.39. The molecule has 1 rings (SSSR count). The van der Waals surface area contributed by atoms with Crippen LogP contribution in [0.4, 0.5) is 0 Å². The Balaban J connectivity index is 2.31. The molecule has 1 aliphatic rings. The summed E-state index contributed by atoms with van der Waals surface area (Å²) in [7, 11) is 0. The van der Waals surface area contributed by atoms with Gasteiger partial charge in [0.2, 0.25) is 5.91 Å². The van der Waals surface area contributed by atoms with Crippen molar-refractivity contribution in [3.8, 4) is 0 Å². The summed E-state index contributed by atoms with van der Waals surface area (Å²) >= 11 is 0. The predicted octanol–water partition coefficient (Wildman–Crippen LogP) is 0.816. The van der Waals surface area contributed by atoms with Crippen LogP contribution in [0.1, 0.15) is 39.5 Å². The van der Waals surface area contributed by atoms with Gasteiger partial charge in [-0.05, 0) is 32.6 Å². The van der Waals surface area contributed by atoms with Gasteiger partial charge in [-0.3, -0.25) is 4.79 Å². The summed E-state index contributed by atoms with van der Waals surface area (Å²) < 4.78 is 0. The van der Waals surface area contributed by atoms with Crippen LogP contribution in [0.5, 0.6) is 0 Å².